The summed E-state index contributed by atoms with van der Waals surface area (Å²) in [4.78, 5) is 0. The van der Waals surface area contributed by atoms with Gasteiger partial charge < -0.3 is 15.2 Å². The van der Waals surface area contributed by atoms with E-state index in [1.807, 2.05) is 11.7 Å². The van der Waals surface area contributed by atoms with Gasteiger partial charge in [0, 0.05) is 33.7 Å². The van der Waals surface area contributed by atoms with E-state index in [1.54, 1.807) is 7.11 Å². The van der Waals surface area contributed by atoms with E-state index >= 15 is 0 Å². The quantitative estimate of drug-likeness (QED) is 0.698. The van der Waals surface area contributed by atoms with Crippen molar-refractivity contribution in [1.29, 1.82) is 0 Å². The fourth-order valence-electron chi connectivity index (χ4n) is 1.78. The molecule has 0 bridgehead atoms. The van der Waals surface area contributed by atoms with E-state index in [1.165, 1.54) is 0 Å². The van der Waals surface area contributed by atoms with Crippen LogP contribution < -0.4 is 5.32 Å². The van der Waals surface area contributed by atoms with Gasteiger partial charge in [0.1, 0.15) is 0 Å². The highest BCUT2D eigenvalue weighted by Crippen LogP contribution is 2.22. The SMILES string of the molecule is CCc1nn(C)c(CC(O)CNCCOC)c1Br. The second-order valence-corrected chi connectivity index (χ2v) is 5.03. The maximum atomic E-state index is 9.97. The van der Waals surface area contributed by atoms with Crippen molar-refractivity contribution in [3.63, 3.8) is 0 Å². The van der Waals surface area contributed by atoms with Gasteiger partial charge in [0.15, 0.2) is 0 Å². The van der Waals surface area contributed by atoms with Crippen molar-refractivity contribution >= 4 is 15.9 Å². The van der Waals surface area contributed by atoms with Crippen LogP contribution in [0.1, 0.15) is 18.3 Å². The highest BCUT2D eigenvalue weighted by molar-refractivity contribution is 9.10. The summed E-state index contributed by atoms with van der Waals surface area (Å²) in [5.41, 5.74) is 2.07. The number of halogens is 1. The number of aliphatic hydroxyl groups is 1. The number of ether oxygens (including phenoxy) is 1. The van der Waals surface area contributed by atoms with E-state index in [-0.39, 0.29) is 0 Å². The summed E-state index contributed by atoms with van der Waals surface area (Å²) in [5, 5.41) is 17.5. The van der Waals surface area contributed by atoms with E-state index in [2.05, 4.69) is 33.3 Å². The molecule has 5 nitrogen and oxygen atoms in total. The molecule has 1 heterocycles. The van der Waals surface area contributed by atoms with Crippen LogP contribution >= 0.6 is 15.9 Å². The Morgan fingerprint density at radius 2 is 2.28 bits per heavy atom. The number of aliphatic hydroxyl groups excluding tert-OH is 1. The smallest absolute Gasteiger partial charge is 0.0766 e. The maximum absolute atomic E-state index is 9.97. The lowest BCUT2D eigenvalue weighted by Crippen LogP contribution is -2.31. The van der Waals surface area contributed by atoms with Gasteiger partial charge in [0.05, 0.1) is 28.6 Å². The molecular weight excluding hydrogens is 298 g/mol. The van der Waals surface area contributed by atoms with Crippen molar-refractivity contribution < 1.29 is 9.84 Å². The summed E-state index contributed by atoms with van der Waals surface area (Å²) >= 11 is 3.55. The molecule has 0 fully saturated rings. The minimum Gasteiger partial charge on any atom is -0.391 e. The molecule has 6 heteroatoms. The van der Waals surface area contributed by atoms with Crippen molar-refractivity contribution in [2.24, 2.45) is 7.05 Å². The zero-order chi connectivity index (χ0) is 13.5. The molecule has 0 amide bonds. The largest absolute Gasteiger partial charge is 0.391 e. The molecule has 0 aromatic carbocycles. The Labute approximate surface area is 117 Å². The maximum Gasteiger partial charge on any atom is 0.0766 e. The fraction of sp³-hybridized carbons (Fsp3) is 0.750. The molecule has 1 rings (SSSR count). The summed E-state index contributed by atoms with van der Waals surface area (Å²) in [5.74, 6) is 0. The van der Waals surface area contributed by atoms with E-state index < -0.39 is 6.10 Å². The number of methoxy groups -OCH3 is 1. The van der Waals surface area contributed by atoms with Crippen LogP contribution in [0.3, 0.4) is 0 Å². The van der Waals surface area contributed by atoms with E-state index in [0.717, 1.165) is 28.8 Å². The molecule has 0 aliphatic carbocycles. The van der Waals surface area contributed by atoms with Gasteiger partial charge in [-0.2, -0.15) is 5.10 Å². The lowest BCUT2D eigenvalue weighted by molar-refractivity contribution is 0.158. The fourth-order valence-corrected chi connectivity index (χ4v) is 2.56. The lowest BCUT2D eigenvalue weighted by Gasteiger charge is -2.12. The van der Waals surface area contributed by atoms with Crippen LogP contribution in [0.2, 0.25) is 0 Å². The first kappa shape index (κ1) is 15.6. The normalized spacial score (nSPS) is 12.9. The molecule has 0 saturated heterocycles. The Morgan fingerprint density at radius 3 is 2.83 bits per heavy atom. The van der Waals surface area contributed by atoms with Gasteiger partial charge in [-0.1, -0.05) is 6.92 Å². The highest BCUT2D eigenvalue weighted by atomic mass is 79.9. The molecule has 0 saturated carbocycles. The molecular formula is C12H22BrN3O2. The average Bonchev–Trinajstić information content (AvgIpc) is 2.62. The summed E-state index contributed by atoms with van der Waals surface area (Å²) in [6.07, 6.45) is 1.05. The minimum atomic E-state index is -0.418. The molecule has 0 aliphatic rings. The Bertz CT molecular complexity index is 368. The minimum absolute atomic E-state index is 0.418. The van der Waals surface area contributed by atoms with Crippen LogP contribution in [-0.4, -0.2) is 47.8 Å². The molecule has 1 aromatic rings. The first-order valence-corrected chi connectivity index (χ1v) is 6.97. The van der Waals surface area contributed by atoms with Crippen molar-refractivity contribution in [3.05, 3.63) is 15.9 Å². The van der Waals surface area contributed by atoms with Gasteiger partial charge in [-0.25, -0.2) is 0 Å². The average molecular weight is 320 g/mol. The molecule has 1 unspecified atom stereocenters. The number of hydrogen-bond acceptors (Lipinski definition) is 4. The van der Waals surface area contributed by atoms with Crippen LogP contribution in [0.5, 0.6) is 0 Å². The van der Waals surface area contributed by atoms with Crippen LogP contribution in [-0.2, 0) is 24.6 Å². The standard InChI is InChI=1S/C12H22BrN3O2/c1-4-10-12(13)11(16(2)15-10)7-9(17)8-14-5-6-18-3/h9,14,17H,4-8H2,1-3H3. The molecule has 2 N–H and O–H groups in total. The third-order valence-corrected chi connectivity index (χ3v) is 3.71. The van der Waals surface area contributed by atoms with Crippen molar-refractivity contribution in [3.8, 4) is 0 Å². The second kappa shape index (κ2) is 7.89. The zero-order valence-corrected chi connectivity index (χ0v) is 12.8. The lowest BCUT2D eigenvalue weighted by atomic mass is 10.2. The molecule has 0 spiro atoms. The monoisotopic (exact) mass is 319 g/mol. The molecule has 18 heavy (non-hydrogen) atoms. The Hall–Kier alpha value is -0.430. The Balaban J connectivity index is 2.48. The van der Waals surface area contributed by atoms with Crippen molar-refractivity contribution in [1.82, 2.24) is 15.1 Å². The molecule has 1 atom stereocenters. The van der Waals surface area contributed by atoms with Gasteiger partial charge in [-0.3, -0.25) is 4.68 Å². The van der Waals surface area contributed by atoms with E-state index in [4.69, 9.17) is 4.74 Å². The van der Waals surface area contributed by atoms with Crippen LogP contribution in [0.4, 0.5) is 0 Å². The predicted molar refractivity (Wildman–Crippen MR) is 74.7 cm³/mol. The number of nitrogens with zero attached hydrogens (tertiary/aromatic N) is 2. The van der Waals surface area contributed by atoms with Crippen molar-refractivity contribution in [2.45, 2.75) is 25.9 Å². The number of nitrogens with one attached hydrogen (secondary N) is 1. The Kier molecular flexibility index (Phi) is 6.85. The third kappa shape index (κ3) is 4.35. The summed E-state index contributed by atoms with van der Waals surface area (Å²) in [6, 6.07) is 0. The predicted octanol–water partition coefficient (Wildman–Crippen LogP) is 0.884. The number of aromatic nitrogens is 2. The highest BCUT2D eigenvalue weighted by Gasteiger charge is 2.15. The topological polar surface area (TPSA) is 59.3 Å². The van der Waals surface area contributed by atoms with E-state index in [0.29, 0.717) is 19.6 Å². The summed E-state index contributed by atoms with van der Waals surface area (Å²) < 4.78 is 7.78. The van der Waals surface area contributed by atoms with Gasteiger partial charge in [0.2, 0.25) is 0 Å². The van der Waals surface area contributed by atoms with Crippen LogP contribution in [0.25, 0.3) is 0 Å². The first-order chi connectivity index (χ1) is 8.60. The number of aryl methyl sites for hydroxylation is 2. The van der Waals surface area contributed by atoms with E-state index in [9.17, 15) is 5.11 Å². The third-order valence-electron chi connectivity index (χ3n) is 2.79. The molecule has 1 aromatic heterocycles. The number of rotatable bonds is 8. The number of hydrogen-bond donors (Lipinski definition) is 2. The zero-order valence-electron chi connectivity index (χ0n) is 11.2. The van der Waals surface area contributed by atoms with Gasteiger partial charge in [-0.15, -0.1) is 0 Å². The van der Waals surface area contributed by atoms with Gasteiger partial charge in [0.25, 0.3) is 0 Å². The Morgan fingerprint density at radius 1 is 1.56 bits per heavy atom. The van der Waals surface area contributed by atoms with Gasteiger partial charge in [-0.05, 0) is 22.4 Å². The van der Waals surface area contributed by atoms with Crippen LogP contribution in [0.15, 0.2) is 4.47 Å². The van der Waals surface area contributed by atoms with Crippen molar-refractivity contribution in [2.75, 3.05) is 26.8 Å². The summed E-state index contributed by atoms with van der Waals surface area (Å²) in [6.45, 7) is 4.03. The molecule has 104 valence electrons. The summed E-state index contributed by atoms with van der Waals surface area (Å²) in [7, 11) is 3.57. The second-order valence-electron chi connectivity index (χ2n) is 4.24. The molecule has 0 aliphatic heterocycles. The first-order valence-electron chi connectivity index (χ1n) is 6.18. The van der Waals surface area contributed by atoms with Gasteiger partial charge >= 0.3 is 0 Å². The van der Waals surface area contributed by atoms with Crippen LogP contribution in [0, 0.1) is 0 Å². The molecule has 0 radical (unpaired) electrons.